The molecule has 0 amide bonds. The van der Waals surface area contributed by atoms with E-state index in [1.54, 1.807) is 0 Å². The molecule has 268 valence electrons. The standard InChI is InChI=1S/C41H74O5/c1-4-7-10-13-16-18-20-21-22-23-26-28-31-34-40(42)45-38-39(46-41(43)35-32-29-25-15-12-9-6-3)37-44-36-33-30-27-24-19-17-14-11-8-5-2/h7,10,16,18,21-22,39H,4-6,8-9,11-15,17,19-20,23-38H2,1-3H3/b10-7-,18-16-,22-21-. The van der Waals surface area contributed by atoms with Crippen molar-refractivity contribution in [2.75, 3.05) is 19.8 Å². The molecule has 5 nitrogen and oxygen atoms in total. The van der Waals surface area contributed by atoms with E-state index in [1.165, 1.54) is 83.5 Å². The Bertz CT molecular complexity index is 741. The summed E-state index contributed by atoms with van der Waals surface area (Å²) in [4.78, 5) is 24.9. The van der Waals surface area contributed by atoms with E-state index in [4.69, 9.17) is 14.2 Å². The Hall–Kier alpha value is -1.88. The van der Waals surface area contributed by atoms with Crippen LogP contribution in [-0.2, 0) is 23.8 Å². The van der Waals surface area contributed by atoms with Crippen LogP contribution in [0, 0.1) is 0 Å². The molecule has 0 saturated heterocycles. The van der Waals surface area contributed by atoms with Gasteiger partial charge in [0.25, 0.3) is 0 Å². The number of unbranched alkanes of at least 4 members (excludes halogenated alkanes) is 18. The summed E-state index contributed by atoms with van der Waals surface area (Å²) in [5, 5.41) is 0. The molecule has 0 saturated carbocycles. The zero-order valence-electron chi connectivity index (χ0n) is 30.6. The molecule has 0 heterocycles. The zero-order chi connectivity index (χ0) is 33.6. The van der Waals surface area contributed by atoms with Gasteiger partial charge in [-0.25, -0.2) is 0 Å². The predicted molar refractivity (Wildman–Crippen MR) is 196 cm³/mol. The lowest BCUT2D eigenvalue weighted by molar-refractivity contribution is -0.163. The maximum atomic E-state index is 12.5. The van der Waals surface area contributed by atoms with E-state index in [9.17, 15) is 9.59 Å². The smallest absolute Gasteiger partial charge is 0.306 e. The van der Waals surface area contributed by atoms with E-state index in [1.807, 2.05) is 0 Å². The molecule has 0 spiro atoms. The highest BCUT2D eigenvalue weighted by atomic mass is 16.6. The van der Waals surface area contributed by atoms with E-state index >= 15 is 0 Å². The van der Waals surface area contributed by atoms with E-state index in [0.717, 1.165) is 70.6 Å². The van der Waals surface area contributed by atoms with Crippen molar-refractivity contribution in [3.8, 4) is 0 Å². The van der Waals surface area contributed by atoms with Crippen molar-refractivity contribution in [3.63, 3.8) is 0 Å². The number of hydrogen-bond acceptors (Lipinski definition) is 5. The van der Waals surface area contributed by atoms with Gasteiger partial charge in [-0.1, -0.05) is 160 Å². The number of esters is 2. The molecule has 1 atom stereocenters. The molecule has 0 rings (SSSR count). The fraction of sp³-hybridized carbons (Fsp3) is 0.805. The number of ether oxygens (including phenoxy) is 3. The molecule has 0 bridgehead atoms. The average Bonchev–Trinajstić information content (AvgIpc) is 3.05. The average molecular weight is 647 g/mol. The first-order valence-electron chi connectivity index (χ1n) is 19.5. The molecule has 0 aromatic carbocycles. The van der Waals surface area contributed by atoms with E-state index in [0.29, 0.717) is 19.4 Å². The summed E-state index contributed by atoms with van der Waals surface area (Å²) in [6, 6.07) is 0. The van der Waals surface area contributed by atoms with Gasteiger partial charge in [0.2, 0.25) is 0 Å². The maximum Gasteiger partial charge on any atom is 0.306 e. The molecular weight excluding hydrogens is 572 g/mol. The first-order valence-corrected chi connectivity index (χ1v) is 19.5. The first kappa shape index (κ1) is 44.1. The Morgan fingerprint density at radius 3 is 1.57 bits per heavy atom. The van der Waals surface area contributed by atoms with Crippen molar-refractivity contribution in [3.05, 3.63) is 36.5 Å². The van der Waals surface area contributed by atoms with Crippen LogP contribution in [0.3, 0.4) is 0 Å². The number of carbonyl (C=O) groups excluding carboxylic acids is 2. The molecular formula is C41H74O5. The molecule has 46 heavy (non-hydrogen) atoms. The van der Waals surface area contributed by atoms with Gasteiger partial charge in [0.15, 0.2) is 6.10 Å². The van der Waals surface area contributed by atoms with Gasteiger partial charge in [0.05, 0.1) is 6.61 Å². The molecule has 0 N–H and O–H groups in total. The molecule has 5 heteroatoms. The van der Waals surface area contributed by atoms with Crippen molar-refractivity contribution in [2.24, 2.45) is 0 Å². The summed E-state index contributed by atoms with van der Waals surface area (Å²) in [6.45, 7) is 7.64. The highest BCUT2D eigenvalue weighted by Gasteiger charge is 2.17. The van der Waals surface area contributed by atoms with Gasteiger partial charge < -0.3 is 14.2 Å². The Labute approximate surface area is 285 Å². The van der Waals surface area contributed by atoms with Gasteiger partial charge >= 0.3 is 11.9 Å². The lowest BCUT2D eigenvalue weighted by Gasteiger charge is -2.18. The zero-order valence-corrected chi connectivity index (χ0v) is 30.6. The maximum absolute atomic E-state index is 12.5. The van der Waals surface area contributed by atoms with Crippen molar-refractivity contribution in [1.29, 1.82) is 0 Å². The molecule has 1 unspecified atom stereocenters. The Morgan fingerprint density at radius 1 is 0.500 bits per heavy atom. The van der Waals surface area contributed by atoms with Crippen LogP contribution in [-0.4, -0.2) is 37.9 Å². The molecule has 0 aromatic heterocycles. The van der Waals surface area contributed by atoms with Gasteiger partial charge in [-0.05, 0) is 51.4 Å². The normalized spacial score (nSPS) is 12.5. The van der Waals surface area contributed by atoms with Crippen LogP contribution in [0.5, 0.6) is 0 Å². The summed E-state index contributed by atoms with van der Waals surface area (Å²) in [5.74, 6) is -0.436. The minimum atomic E-state index is -0.536. The summed E-state index contributed by atoms with van der Waals surface area (Å²) >= 11 is 0. The van der Waals surface area contributed by atoms with E-state index < -0.39 is 6.10 Å². The van der Waals surface area contributed by atoms with Crippen molar-refractivity contribution >= 4 is 11.9 Å². The molecule has 0 aliphatic rings. The van der Waals surface area contributed by atoms with Crippen molar-refractivity contribution < 1.29 is 23.8 Å². The van der Waals surface area contributed by atoms with Crippen molar-refractivity contribution in [2.45, 2.75) is 194 Å². The molecule has 0 fully saturated rings. The van der Waals surface area contributed by atoms with Crippen LogP contribution in [0.4, 0.5) is 0 Å². The summed E-state index contributed by atoms with van der Waals surface area (Å²) < 4.78 is 17.1. The van der Waals surface area contributed by atoms with Crippen molar-refractivity contribution in [1.82, 2.24) is 0 Å². The van der Waals surface area contributed by atoms with E-state index in [-0.39, 0.29) is 25.2 Å². The summed E-state index contributed by atoms with van der Waals surface area (Å²) in [7, 11) is 0. The summed E-state index contributed by atoms with van der Waals surface area (Å²) in [5.41, 5.74) is 0. The monoisotopic (exact) mass is 647 g/mol. The second-order valence-corrected chi connectivity index (χ2v) is 12.8. The SMILES string of the molecule is CC/C=C\C/C=C\C/C=C\CCCCCC(=O)OCC(COCCCCCCCCCCCC)OC(=O)CCCCCCCCC. The molecule has 0 aliphatic carbocycles. The topological polar surface area (TPSA) is 61.8 Å². The number of carbonyl (C=O) groups is 2. The second-order valence-electron chi connectivity index (χ2n) is 12.8. The number of allylic oxidation sites excluding steroid dienone is 6. The van der Waals surface area contributed by atoms with Gasteiger partial charge in [0.1, 0.15) is 6.61 Å². The lowest BCUT2D eigenvalue weighted by Crippen LogP contribution is -2.30. The highest BCUT2D eigenvalue weighted by molar-refractivity contribution is 5.70. The summed E-state index contributed by atoms with van der Waals surface area (Å²) in [6.07, 6.45) is 41.4. The number of rotatable bonds is 35. The predicted octanol–water partition coefficient (Wildman–Crippen LogP) is 12.3. The molecule has 0 radical (unpaired) electrons. The van der Waals surface area contributed by atoms with Crippen LogP contribution < -0.4 is 0 Å². The third-order valence-corrected chi connectivity index (χ3v) is 8.19. The Kier molecular flexibility index (Phi) is 36.0. The lowest BCUT2D eigenvalue weighted by atomic mass is 10.1. The molecule has 0 aliphatic heterocycles. The van der Waals surface area contributed by atoms with Gasteiger partial charge in [-0.3, -0.25) is 9.59 Å². The first-order chi connectivity index (χ1) is 22.6. The Morgan fingerprint density at radius 2 is 0.978 bits per heavy atom. The van der Waals surface area contributed by atoms with E-state index in [2.05, 4.69) is 57.2 Å². The van der Waals surface area contributed by atoms with Crippen LogP contribution in [0.25, 0.3) is 0 Å². The largest absolute Gasteiger partial charge is 0.462 e. The third kappa shape index (κ3) is 35.0. The molecule has 0 aromatic rings. The Balaban J connectivity index is 4.23. The van der Waals surface area contributed by atoms with Crippen LogP contribution in [0.15, 0.2) is 36.5 Å². The van der Waals surface area contributed by atoms with Gasteiger partial charge in [-0.2, -0.15) is 0 Å². The second kappa shape index (κ2) is 37.6. The number of hydrogen-bond donors (Lipinski definition) is 0. The fourth-order valence-electron chi connectivity index (χ4n) is 5.29. The minimum absolute atomic E-state index is 0.0735. The van der Waals surface area contributed by atoms with Crippen LogP contribution in [0.1, 0.15) is 188 Å². The van der Waals surface area contributed by atoms with Gasteiger partial charge in [-0.15, -0.1) is 0 Å². The third-order valence-electron chi connectivity index (χ3n) is 8.19. The van der Waals surface area contributed by atoms with Gasteiger partial charge in [0, 0.05) is 19.4 Å². The highest BCUT2D eigenvalue weighted by Crippen LogP contribution is 2.12. The van der Waals surface area contributed by atoms with Crippen LogP contribution >= 0.6 is 0 Å². The fourth-order valence-corrected chi connectivity index (χ4v) is 5.29. The van der Waals surface area contributed by atoms with Crippen LogP contribution in [0.2, 0.25) is 0 Å². The quantitative estimate of drug-likeness (QED) is 0.0389. The minimum Gasteiger partial charge on any atom is -0.462 e.